The summed E-state index contributed by atoms with van der Waals surface area (Å²) in [6, 6.07) is 21.3. The summed E-state index contributed by atoms with van der Waals surface area (Å²) in [7, 11) is 4.06. The average molecular weight is 646 g/mol. The van der Waals surface area contributed by atoms with Crippen LogP contribution in [0.5, 0.6) is 5.75 Å². The molecule has 1 aliphatic heterocycles. The van der Waals surface area contributed by atoms with Crippen molar-refractivity contribution in [3.8, 4) is 5.75 Å². The molecule has 2 amide bonds. The maximum atomic E-state index is 13.6. The van der Waals surface area contributed by atoms with Crippen molar-refractivity contribution in [2.24, 2.45) is 5.41 Å². The van der Waals surface area contributed by atoms with Crippen LogP contribution in [0.4, 0.5) is 4.79 Å². The molecule has 0 spiro atoms. The Hall–Kier alpha value is -3.92. The van der Waals surface area contributed by atoms with Crippen molar-refractivity contribution in [1.29, 1.82) is 0 Å². The molecular weight excluding hydrogens is 594 g/mol. The Bertz CT molecular complexity index is 1500. The molecule has 47 heavy (non-hydrogen) atoms. The molecule has 254 valence electrons. The maximum absolute atomic E-state index is 13.6. The van der Waals surface area contributed by atoms with Crippen LogP contribution >= 0.6 is 0 Å². The molecule has 4 rings (SSSR count). The van der Waals surface area contributed by atoms with Crippen molar-refractivity contribution in [3.05, 3.63) is 83.4 Å². The fourth-order valence-corrected chi connectivity index (χ4v) is 5.75. The van der Waals surface area contributed by atoms with Gasteiger partial charge < -0.3 is 24.0 Å². The molecule has 0 bridgehead atoms. The van der Waals surface area contributed by atoms with Gasteiger partial charge in [0, 0.05) is 43.6 Å². The minimum Gasteiger partial charge on any atom is -0.489 e. The highest BCUT2D eigenvalue weighted by Crippen LogP contribution is 2.27. The van der Waals surface area contributed by atoms with Crippen LogP contribution in [0, 0.1) is 5.41 Å². The van der Waals surface area contributed by atoms with Gasteiger partial charge in [0.05, 0.1) is 0 Å². The van der Waals surface area contributed by atoms with Crippen LogP contribution in [-0.2, 0) is 14.3 Å². The zero-order valence-electron chi connectivity index (χ0n) is 29.0. The summed E-state index contributed by atoms with van der Waals surface area (Å²) >= 11 is 0. The first-order valence-corrected chi connectivity index (χ1v) is 16.4. The van der Waals surface area contributed by atoms with Crippen LogP contribution in [-0.4, -0.2) is 80.6 Å². The second-order valence-electron chi connectivity index (χ2n) is 14.3. The van der Waals surface area contributed by atoms with E-state index in [0.29, 0.717) is 25.3 Å². The summed E-state index contributed by atoms with van der Waals surface area (Å²) in [6.07, 6.45) is 3.97. The number of amides is 2. The fraction of sp³-hybridized carbons (Fsp3) is 0.474. The highest BCUT2D eigenvalue weighted by Gasteiger charge is 2.30. The summed E-state index contributed by atoms with van der Waals surface area (Å²) < 4.78 is 17.8. The molecule has 1 N–H and O–H groups in total. The van der Waals surface area contributed by atoms with Gasteiger partial charge in [-0.1, -0.05) is 68.5 Å². The molecule has 0 aliphatic carbocycles. The van der Waals surface area contributed by atoms with E-state index in [0.717, 1.165) is 53.5 Å². The molecule has 0 aromatic heterocycles. The molecule has 0 saturated carbocycles. The first-order chi connectivity index (χ1) is 22.3. The number of carbonyl (C=O) groups excluding carboxylic acids is 2. The number of fused-ring (bicyclic) bond motifs is 1. The number of benzene rings is 3. The van der Waals surface area contributed by atoms with Gasteiger partial charge in [-0.3, -0.25) is 4.79 Å². The number of rotatable bonds is 13. The fourth-order valence-electron chi connectivity index (χ4n) is 5.75. The van der Waals surface area contributed by atoms with Gasteiger partial charge in [-0.2, -0.15) is 0 Å². The number of nitrogens with one attached hydrogen (secondary N) is 1. The number of ether oxygens (including phenoxy) is 3. The number of hydrogen-bond donors (Lipinski definition) is 1. The van der Waals surface area contributed by atoms with Crippen molar-refractivity contribution in [2.75, 3.05) is 46.9 Å². The topological polar surface area (TPSA) is 89.6 Å². The third-order valence-corrected chi connectivity index (χ3v) is 7.54. The van der Waals surface area contributed by atoms with E-state index in [1.807, 2.05) is 83.4 Å². The van der Waals surface area contributed by atoms with E-state index in [9.17, 15) is 9.59 Å². The second kappa shape index (κ2) is 16.3. The monoisotopic (exact) mass is 645 g/mol. The van der Waals surface area contributed by atoms with Gasteiger partial charge in [0.2, 0.25) is 0 Å². The lowest BCUT2D eigenvalue weighted by molar-refractivity contribution is -0.186. The van der Waals surface area contributed by atoms with Crippen molar-refractivity contribution in [3.63, 3.8) is 0 Å². The Morgan fingerprint density at radius 1 is 0.936 bits per heavy atom. The third kappa shape index (κ3) is 11.7. The molecule has 1 aliphatic rings. The largest absolute Gasteiger partial charge is 0.489 e. The van der Waals surface area contributed by atoms with Crippen molar-refractivity contribution < 1.29 is 28.6 Å². The summed E-state index contributed by atoms with van der Waals surface area (Å²) in [4.78, 5) is 35.7. The van der Waals surface area contributed by atoms with Crippen LogP contribution < -0.4 is 10.2 Å². The first-order valence-electron chi connectivity index (χ1n) is 16.4. The molecule has 1 atom stereocenters. The molecule has 9 heteroatoms. The molecule has 9 nitrogen and oxygen atoms in total. The molecule has 1 fully saturated rings. The quantitative estimate of drug-likeness (QED) is 0.195. The van der Waals surface area contributed by atoms with Gasteiger partial charge in [0.15, 0.2) is 6.29 Å². The van der Waals surface area contributed by atoms with Gasteiger partial charge in [0.25, 0.3) is 5.91 Å². The van der Waals surface area contributed by atoms with Crippen LogP contribution in [0.3, 0.4) is 0 Å². The van der Waals surface area contributed by atoms with Gasteiger partial charge >= 0.3 is 6.09 Å². The Morgan fingerprint density at radius 3 is 2.34 bits per heavy atom. The van der Waals surface area contributed by atoms with E-state index >= 15 is 0 Å². The Morgan fingerprint density at radius 2 is 1.66 bits per heavy atom. The molecule has 0 radical (unpaired) electrons. The maximum Gasteiger partial charge on any atom is 0.410 e. The molecule has 1 unspecified atom stereocenters. The number of hydrogen-bond acceptors (Lipinski definition) is 7. The van der Waals surface area contributed by atoms with E-state index in [4.69, 9.17) is 19.0 Å². The number of nitrogens with zero attached hydrogens (tertiary/aromatic N) is 2. The van der Waals surface area contributed by atoms with E-state index in [1.165, 1.54) is 0 Å². The Labute approximate surface area is 279 Å². The van der Waals surface area contributed by atoms with Crippen molar-refractivity contribution in [2.45, 2.75) is 65.8 Å². The predicted octanol–water partition coefficient (Wildman–Crippen LogP) is 7.32. The minimum absolute atomic E-state index is 0.207. The van der Waals surface area contributed by atoms with Crippen LogP contribution in [0.2, 0.25) is 0 Å². The lowest BCUT2D eigenvalue weighted by Gasteiger charge is -2.36. The lowest BCUT2D eigenvalue weighted by Crippen LogP contribution is -2.46. The van der Waals surface area contributed by atoms with Crippen molar-refractivity contribution in [1.82, 2.24) is 15.3 Å². The molecule has 3 aromatic rings. The highest BCUT2D eigenvalue weighted by molar-refractivity contribution is 5.93. The predicted molar refractivity (Wildman–Crippen MR) is 186 cm³/mol. The SMILES string of the molecule is CN(C)CC(C)(C)CN(C/C(=C/c1ccc(C(=O)NOC2CCCCO2)cc1)COc1cccc2ccccc12)C(=O)OC(C)(C)C. The van der Waals surface area contributed by atoms with E-state index in [2.05, 4.69) is 36.4 Å². The summed E-state index contributed by atoms with van der Waals surface area (Å²) in [5.74, 6) is 0.424. The van der Waals surface area contributed by atoms with Crippen molar-refractivity contribution >= 4 is 28.8 Å². The molecule has 3 aromatic carbocycles. The average Bonchev–Trinajstić information content (AvgIpc) is 3.01. The van der Waals surface area contributed by atoms with Crippen LogP contribution in [0.15, 0.2) is 72.3 Å². The normalized spacial score (nSPS) is 15.8. The minimum atomic E-state index is -0.645. The number of hydroxylamine groups is 1. The molecule has 1 heterocycles. The summed E-state index contributed by atoms with van der Waals surface area (Å²) in [5.41, 5.74) is 3.87. The Balaban J connectivity index is 1.59. The Kier molecular flexibility index (Phi) is 12.4. The first kappa shape index (κ1) is 35.9. The smallest absolute Gasteiger partial charge is 0.410 e. The van der Waals surface area contributed by atoms with Gasteiger partial charge in [-0.25, -0.2) is 15.1 Å². The number of carbonyl (C=O) groups is 2. The van der Waals surface area contributed by atoms with E-state index in [1.54, 1.807) is 17.0 Å². The zero-order valence-corrected chi connectivity index (χ0v) is 29.0. The zero-order chi connectivity index (χ0) is 34.0. The van der Waals surface area contributed by atoms with E-state index in [-0.39, 0.29) is 24.0 Å². The second-order valence-corrected chi connectivity index (χ2v) is 14.3. The highest BCUT2D eigenvalue weighted by atomic mass is 16.8. The van der Waals surface area contributed by atoms with Gasteiger partial charge in [-0.05, 0) is 87.8 Å². The third-order valence-electron chi connectivity index (χ3n) is 7.54. The van der Waals surface area contributed by atoms with Gasteiger partial charge in [0.1, 0.15) is 18.0 Å². The molecular formula is C38H51N3O6. The van der Waals surface area contributed by atoms with E-state index < -0.39 is 11.9 Å². The standard InChI is InChI=1S/C38H51N3O6/c1-37(2,3)46-36(43)41(27-38(4,5)26-40(6)7)24-29(25-45-33-16-12-14-30-13-8-9-15-32(30)33)23-28-18-20-31(21-19-28)35(42)39-47-34-17-10-11-22-44-34/h8-9,12-16,18-21,23,34H,10-11,17,22,24-27H2,1-7H3,(H,39,42)/b29-23-. The summed E-state index contributed by atoms with van der Waals surface area (Å²) in [5, 5.41) is 2.10. The van der Waals surface area contributed by atoms with Crippen LogP contribution in [0.25, 0.3) is 16.8 Å². The lowest BCUT2D eigenvalue weighted by atomic mass is 9.92. The van der Waals surface area contributed by atoms with Crippen LogP contribution in [0.1, 0.15) is 69.8 Å². The van der Waals surface area contributed by atoms with Gasteiger partial charge in [-0.15, -0.1) is 0 Å². The molecule has 1 saturated heterocycles. The summed E-state index contributed by atoms with van der Waals surface area (Å²) in [6.45, 7) is 12.4.